The van der Waals surface area contributed by atoms with Crippen molar-refractivity contribution in [1.29, 1.82) is 0 Å². The zero-order valence-corrected chi connectivity index (χ0v) is 5.67. The molecule has 0 bridgehead atoms. The van der Waals surface area contributed by atoms with E-state index >= 15 is 0 Å². The second kappa shape index (κ2) is 4.62. The van der Waals surface area contributed by atoms with Crippen molar-refractivity contribution < 1.29 is 19.5 Å². The van der Waals surface area contributed by atoms with E-state index in [1.54, 1.807) is 0 Å². The van der Waals surface area contributed by atoms with Crippen molar-refractivity contribution in [3.05, 3.63) is 0 Å². The van der Waals surface area contributed by atoms with Gasteiger partial charge in [0.2, 0.25) is 0 Å². The monoisotopic (exact) mass is 160 g/mol. The molecule has 34 valence electrons. The molecule has 0 spiro atoms. The van der Waals surface area contributed by atoms with E-state index in [1.165, 1.54) is 0 Å². The number of hydrogen-bond acceptors (Lipinski definition) is 0. The standard InChI is InChI=1S/C4H10.Ru/c1-4(2)3;/h4H,1-3H3;. The van der Waals surface area contributed by atoms with Crippen molar-refractivity contribution in [2.45, 2.75) is 20.8 Å². The quantitative estimate of drug-likeness (QED) is 0.471. The molecule has 0 aromatic heterocycles. The van der Waals surface area contributed by atoms with E-state index in [9.17, 15) is 0 Å². The van der Waals surface area contributed by atoms with E-state index in [1.807, 2.05) is 0 Å². The first-order chi connectivity index (χ1) is 1.73. The molecule has 0 saturated heterocycles. The summed E-state index contributed by atoms with van der Waals surface area (Å²) >= 11 is 0. The average Bonchev–Trinajstić information content (AvgIpc) is 0.811. The van der Waals surface area contributed by atoms with Crippen LogP contribution in [-0.4, -0.2) is 0 Å². The SMILES string of the molecule is CC(C)C.[Ru]. The van der Waals surface area contributed by atoms with Crippen LogP contribution in [0.2, 0.25) is 0 Å². The number of rotatable bonds is 0. The maximum absolute atomic E-state index is 2.17. The van der Waals surface area contributed by atoms with E-state index in [0.29, 0.717) is 0 Å². The third kappa shape index (κ3) is 81.9. The van der Waals surface area contributed by atoms with Gasteiger partial charge < -0.3 is 0 Å². The predicted octanol–water partition coefficient (Wildman–Crippen LogP) is 1.66. The van der Waals surface area contributed by atoms with Gasteiger partial charge in [-0.05, 0) is 5.92 Å². The molecule has 0 saturated carbocycles. The van der Waals surface area contributed by atoms with Gasteiger partial charge in [0.1, 0.15) is 0 Å². The summed E-state index contributed by atoms with van der Waals surface area (Å²) in [5.41, 5.74) is 0. The molecular weight excluding hydrogens is 149 g/mol. The first-order valence-electron chi connectivity index (χ1n) is 1.73. The molecule has 0 atom stereocenters. The minimum atomic E-state index is 0. The molecule has 0 unspecified atom stereocenters. The van der Waals surface area contributed by atoms with Gasteiger partial charge in [-0.3, -0.25) is 0 Å². The van der Waals surface area contributed by atoms with Crippen LogP contribution in [0.3, 0.4) is 0 Å². The van der Waals surface area contributed by atoms with Crippen LogP contribution in [0.4, 0.5) is 0 Å². The molecule has 0 fully saturated rings. The summed E-state index contributed by atoms with van der Waals surface area (Å²) < 4.78 is 0. The van der Waals surface area contributed by atoms with Crippen LogP contribution in [0.1, 0.15) is 20.8 Å². The molecule has 0 amide bonds. The summed E-state index contributed by atoms with van der Waals surface area (Å²) in [7, 11) is 0. The Morgan fingerprint density at radius 2 is 1.00 bits per heavy atom. The van der Waals surface area contributed by atoms with Gasteiger partial charge in [-0.15, -0.1) is 0 Å². The van der Waals surface area contributed by atoms with Gasteiger partial charge >= 0.3 is 0 Å². The molecule has 0 heterocycles. The van der Waals surface area contributed by atoms with Crippen molar-refractivity contribution in [3.63, 3.8) is 0 Å². The summed E-state index contributed by atoms with van der Waals surface area (Å²) in [5.74, 6) is 0.833. The zero-order valence-electron chi connectivity index (χ0n) is 3.93. The summed E-state index contributed by atoms with van der Waals surface area (Å²) in [4.78, 5) is 0. The molecule has 0 aliphatic carbocycles. The maximum Gasteiger partial charge on any atom is 0 e. The minimum Gasteiger partial charge on any atom is -0.0630 e. The van der Waals surface area contributed by atoms with Crippen LogP contribution in [0.5, 0.6) is 0 Å². The van der Waals surface area contributed by atoms with Crippen LogP contribution < -0.4 is 0 Å². The fourth-order valence-corrected chi connectivity index (χ4v) is 0. The summed E-state index contributed by atoms with van der Waals surface area (Å²) in [6, 6.07) is 0. The Kier molecular flexibility index (Phi) is 8.47. The molecule has 0 aliphatic heterocycles. The fourth-order valence-electron chi connectivity index (χ4n) is 0. The van der Waals surface area contributed by atoms with E-state index < -0.39 is 0 Å². The third-order valence-electron chi connectivity index (χ3n) is 0. The van der Waals surface area contributed by atoms with Gasteiger partial charge in [0, 0.05) is 19.5 Å². The smallest absolute Gasteiger partial charge is 0 e. The van der Waals surface area contributed by atoms with Crippen LogP contribution >= 0.6 is 0 Å². The van der Waals surface area contributed by atoms with Crippen LogP contribution in [-0.2, 0) is 19.5 Å². The van der Waals surface area contributed by atoms with Crippen molar-refractivity contribution in [3.8, 4) is 0 Å². The molecular formula is C4H10Ru. The normalized spacial score (nSPS) is 7.20. The van der Waals surface area contributed by atoms with Crippen LogP contribution in [0, 0.1) is 5.92 Å². The Labute approximate surface area is 46.7 Å². The van der Waals surface area contributed by atoms with Gasteiger partial charge in [-0.25, -0.2) is 0 Å². The molecule has 5 heavy (non-hydrogen) atoms. The molecule has 1 heteroatoms. The minimum absolute atomic E-state index is 0. The summed E-state index contributed by atoms with van der Waals surface area (Å²) in [6.07, 6.45) is 0. The van der Waals surface area contributed by atoms with Crippen LogP contribution in [0.25, 0.3) is 0 Å². The Morgan fingerprint density at radius 1 is 1.00 bits per heavy atom. The van der Waals surface area contributed by atoms with Crippen molar-refractivity contribution in [2.75, 3.05) is 0 Å². The van der Waals surface area contributed by atoms with Gasteiger partial charge in [0.15, 0.2) is 0 Å². The van der Waals surface area contributed by atoms with Crippen molar-refractivity contribution in [2.24, 2.45) is 5.92 Å². The second-order valence-corrected chi connectivity index (χ2v) is 1.73. The van der Waals surface area contributed by atoms with E-state index in [0.717, 1.165) is 5.92 Å². The van der Waals surface area contributed by atoms with E-state index in [2.05, 4.69) is 20.8 Å². The fraction of sp³-hybridized carbons (Fsp3) is 1.00. The Hall–Kier alpha value is 0.623. The Bertz CT molecular complexity index is 8.36. The van der Waals surface area contributed by atoms with Gasteiger partial charge in [-0.1, -0.05) is 20.8 Å². The molecule has 0 nitrogen and oxygen atoms in total. The van der Waals surface area contributed by atoms with Gasteiger partial charge in [0.05, 0.1) is 0 Å². The van der Waals surface area contributed by atoms with Gasteiger partial charge in [0.25, 0.3) is 0 Å². The Morgan fingerprint density at radius 3 is 1.00 bits per heavy atom. The number of hydrogen-bond donors (Lipinski definition) is 0. The predicted molar refractivity (Wildman–Crippen MR) is 20.5 cm³/mol. The molecule has 0 aliphatic rings. The first-order valence-corrected chi connectivity index (χ1v) is 1.73. The molecule has 0 aromatic carbocycles. The first kappa shape index (κ1) is 9.16. The van der Waals surface area contributed by atoms with Gasteiger partial charge in [-0.2, -0.15) is 0 Å². The maximum atomic E-state index is 2.17. The van der Waals surface area contributed by atoms with Crippen molar-refractivity contribution >= 4 is 0 Å². The molecule has 0 aromatic rings. The second-order valence-electron chi connectivity index (χ2n) is 1.73. The molecule has 0 rings (SSSR count). The van der Waals surface area contributed by atoms with Crippen LogP contribution in [0.15, 0.2) is 0 Å². The summed E-state index contributed by atoms with van der Waals surface area (Å²) in [6.45, 7) is 6.50. The molecule has 0 N–H and O–H groups in total. The summed E-state index contributed by atoms with van der Waals surface area (Å²) in [5, 5.41) is 0. The third-order valence-corrected chi connectivity index (χ3v) is 0. The molecule has 0 radical (unpaired) electrons. The largest absolute Gasteiger partial charge is 0.0630 e. The topological polar surface area (TPSA) is 0 Å². The Balaban J connectivity index is 0. The van der Waals surface area contributed by atoms with E-state index in [4.69, 9.17) is 0 Å². The van der Waals surface area contributed by atoms with Crippen molar-refractivity contribution in [1.82, 2.24) is 0 Å². The zero-order chi connectivity index (χ0) is 3.58. The van der Waals surface area contributed by atoms with E-state index in [-0.39, 0.29) is 19.5 Å². The average molecular weight is 159 g/mol.